The van der Waals surface area contributed by atoms with E-state index >= 15 is 0 Å². The van der Waals surface area contributed by atoms with Gasteiger partial charge in [-0.15, -0.1) is 0 Å². The van der Waals surface area contributed by atoms with Crippen LogP contribution in [0.4, 0.5) is 9.59 Å². The van der Waals surface area contributed by atoms with Gasteiger partial charge in [-0.1, -0.05) is 60.7 Å². The first-order valence-corrected chi connectivity index (χ1v) is 11.0. The molecule has 31 heavy (non-hydrogen) atoms. The van der Waals surface area contributed by atoms with Crippen LogP contribution in [0.1, 0.15) is 50.8 Å². The number of carbonyl (C=O) groups is 2. The van der Waals surface area contributed by atoms with Gasteiger partial charge in [0.15, 0.2) is 0 Å². The van der Waals surface area contributed by atoms with Crippen molar-refractivity contribution >= 4 is 12.1 Å². The second-order valence-corrected chi connectivity index (χ2v) is 9.22. The molecule has 0 bridgehead atoms. The van der Waals surface area contributed by atoms with Crippen molar-refractivity contribution in [3.63, 3.8) is 0 Å². The highest BCUT2D eigenvalue weighted by Gasteiger charge is 2.25. The average molecular weight is 423 g/mol. The van der Waals surface area contributed by atoms with Crippen molar-refractivity contribution in [1.82, 2.24) is 20.9 Å². The molecule has 6 heteroatoms. The van der Waals surface area contributed by atoms with E-state index in [0.29, 0.717) is 25.6 Å². The Balaban J connectivity index is 1.50. The van der Waals surface area contributed by atoms with Gasteiger partial charge in [-0.2, -0.15) is 0 Å². The lowest BCUT2D eigenvalue weighted by Gasteiger charge is -2.34. The molecule has 0 unspecified atom stereocenters. The molecule has 0 radical (unpaired) electrons. The van der Waals surface area contributed by atoms with Crippen molar-refractivity contribution in [3.8, 4) is 0 Å². The molecule has 1 aliphatic rings. The predicted molar refractivity (Wildman–Crippen MR) is 124 cm³/mol. The minimum absolute atomic E-state index is 0.00906. The summed E-state index contributed by atoms with van der Waals surface area (Å²) < 4.78 is 0. The molecule has 1 saturated heterocycles. The fourth-order valence-corrected chi connectivity index (χ4v) is 3.81. The van der Waals surface area contributed by atoms with E-state index in [1.165, 1.54) is 0 Å². The number of benzene rings is 2. The molecule has 4 amide bonds. The second-order valence-electron chi connectivity index (χ2n) is 9.22. The zero-order chi connectivity index (χ0) is 22.3. The lowest BCUT2D eigenvalue weighted by Crippen LogP contribution is -2.51. The Morgan fingerprint density at radius 1 is 0.935 bits per heavy atom. The van der Waals surface area contributed by atoms with Crippen LogP contribution in [0.25, 0.3) is 0 Å². The first kappa shape index (κ1) is 22.7. The molecule has 2 aromatic carbocycles. The van der Waals surface area contributed by atoms with Crippen LogP contribution in [-0.4, -0.2) is 42.1 Å². The Morgan fingerprint density at radius 3 is 1.94 bits per heavy atom. The van der Waals surface area contributed by atoms with Crippen LogP contribution in [-0.2, 0) is 0 Å². The Labute approximate surface area is 185 Å². The van der Waals surface area contributed by atoms with Gasteiger partial charge in [0, 0.05) is 25.2 Å². The van der Waals surface area contributed by atoms with E-state index in [1.807, 2.05) is 86.3 Å². The summed E-state index contributed by atoms with van der Waals surface area (Å²) >= 11 is 0. The highest BCUT2D eigenvalue weighted by atomic mass is 16.2. The van der Waals surface area contributed by atoms with E-state index in [-0.39, 0.29) is 23.6 Å². The zero-order valence-electron chi connectivity index (χ0n) is 18.7. The molecule has 0 spiro atoms. The van der Waals surface area contributed by atoms with Gasteiger partial charge >= 0.3 is 12.1 Å². The van der Waals surface area contributed by atoms with Crippen LogP contribution in [0.15, 0.2) is 60.7 Å². The summed E-state index contributed by atoms with van der Waals surface area (Å²) in [5, 5.41) is 9.17. The third-order valence-electron chi connectivity index (χ3n) is 5.48. The number of hydrogen-bond donors (Lipinski definition) is 3. The lowest BCUT2D eigenvalue weighted by molar-refractivity contribution is 0.162. The number of urea groups is 2. The third kappa shape index (κ3) is 7.02. The van der Waals surface area contributed by atoms with Gasteiger partial charge in [-0.3, -0.25) is 0 Å². The van der Waals surface area contributed by atoms with E-state index < -0.39 is 0 Å². The maximum atomic E-state index is 12.7. The Kier molecular flexibility index (Phi) is 7.55. The minimum Gasteiger partial charge on any atom is -0.338 e. The molecule has 0 atom stereocenters. The molecule has 3 N–H and O–H groups in total. The van der Waals surface area contributed by atoms with Crippen molar-refractivity contribution in [2.75, 3.05) is 19.6 Å². The van der Waals surface area contributed by atoms with Crippen LogP contribution in [0.5, 0.6) is 0 Å². The molecule has 6 nitrogen and oxygen atoms in total. The zero-order valence-corrected chi connectivity index (χ0v) is 18.7. The van der Waals surface area contributed by atoms with Crippen LogP contribution >= 0.6 is 0 Å². The first-order valence-electron chi connectivity index (χ1n) is 11.0. The average Bonchev–Trinajstić information content (AvgIpc) is 2.76. The molecule has 0 saturated carbocycles. The summed E-state index contributed by atoms with van der Waals surface area (Å²) in [5.41, 5.74) is 1.85. The molecule has 2 aromatic rings. The smallest absolute Gasteiger partial charge is 0.317 e. The van der Waals surface area contributed by atoms with Crippen molar-refractivity contribution < 1.29 is 9.59 Å². The highest BCUT2D eigenvalue weighted by molar-refractivity contribution is 5.75. The fraction of sp³-hybridized carbons (Fsp3) is 0.440. The summed E-state index contributed by atoms with van der Waals surface area (Å²) in [6.07, 6.45) is 1.78. The number of piperidine rings is 1. The van der Waals surface area contributed by atoms with Gasteiger partial charge in [-0.05, 0) is 50.7 Å². The van der Waals surface area contributed by atoms with Gasteiger partial charge in [0.25, 0.3) is 0 Å². The normalized spacial score (nSPS) is 14.9. The van der Waals surface area contributed by atoms with Crippen LogP contribution in [0.3, 0.4) is 0 Å². The van der Waals surface area contributed by atoms with Crippen molar-refractivity contribution in [1.29, 1.82) is 0 Å². The van der Waals surface area contributed by atoms with Gasteiger partial charge in [0.2, 0.25) is 0 Å². The Morgan fingerprint density at radius 2 is 1.45 bits per heavy atom. The lowest BCUT2D eigenvalue weighted by atomic mass is 9.97. The van der Waals surface area contributed by atoms with E-state index in [0.717, 1.165) is 24.0 Å². The first-order chi connectivity index (χ1) is 14.8. The van der Waals surface area contributed by atoms with Crippen LogP contribution in [0, 0.1) is 5.92 Å². The standard InChI is InChI=1S/C25H34N4O2/c1-25(2,3)28-24(31)29-16-14-19(15-17-29)18-26-23(30)27-22(20-10-6-4-7-11-20)21-12-8-5-9-13-21/h4-13,19,22H,14-18H2,1-3H3,(H,28,31)(H2,26,27,30). The number of carbonyl (C=O) groups excluding carboxylic acids is 2. The van der Waals surface area contributed by atoms with Crippen LogP contribution < -0.4 is 16.0 Å². The van der Waals surface area contributed by atoms with Gasteiger partial charge in [-0.25, -0.2) is 9.59 Å². The van der Waals surface area contributed by atoms with Gasteiger partial charge < -0.3 is 20.9 Å². The highest BCUT2D eigenvalue weighted by Crippen LogP contribution is 2.22. The fourth-order valence-electron chi connectivity index (χ4n) is 3.81. The van der Waals surface area contributed by atoms with Crippen molar-refractivity contribution in [3.05, 3.63) is 71.8 Å². The monoisotopic (exact) mass is 422 g/mol. The molecular formula is C25H34N4O2. The SMILES string of the molecule is CC(C)(C)NC(=O)N1CCC(CNC(=O)NC(c2ccccc2)c2ccccc2)CC1. The molecule has 166 valence electrons. The summed E-state index contributed by atoms with van der Waals surface area (Å²) in [5.74, 6) is 0.372. The summed E-state index contributed by atoms with van der Waals surface area (Å²) in [4.78, 5) is 26.9. The molecule has 0 aromatic heterocycles. The maximum absolute atomic E-state index is 12.7. The molecule has 1 fully saturated rings. The Hall–Kier alpha value is -3.02. The largest absolute Gasteiger partial charge is 0.338 e. The molecule has 0 aliphatic carbocycles. The maximum Gasteiger partial charge on any atom is 0.317 e. The van der Waals surface area contributed by atoms with E-state index in [1.54, 1.807) is 0 Å². The van der Waals surface area contributed by atoms with Crippen molar-refractivity contribution in [2.24, 2.45) is 5.92 Å². The number of nitrogens with zero attached hydrogens (tertiary/aromatic N) is 1. The number of likely N-dealkylation sites (tertiary alicyclic amines) is 1. The molecule has 3 rings (SSSR count). The summed E-state index contributed by atoms with van der Waals surface area (Å²) in [6.45, 7) is 7.99. The van der Waals surface area contributed by atoms with Gasteiger partial charge in [0.05, 0.1) is 6.04 Å². The molecule has 1 aliphatic heterocycles. The van der Waals surface area contributed by atoms with E-state index in [4.69, 9.17) is 0 Å². The molecular weight excluding hydrogens is 388 g/mol. The minimum atomic E-state index is -0.235. The number of rotatable bonds is 5. The number of hydrogen-bond acceptors (Lipinski definition) is 2. The van der Waals surface area contributed by atoms with Crippen molar-refractivity contribution in [2.45, 2.75) is 45.2 Å². The molecule has 1 heterocycles. The number of amides is 4. The summed E-state index contributed by atoms with van der Waals surface area (Å²) in [6, 6.07) is 19.6. The third-order valence-corrected chi connectivity index (χ3v) is 5.48. The number of nitrogens with one attached hydrogen (secondary N) is 3. The second kappa shape index (κ2) is 10.3. The summed E-state index contributed by atoms with van der Waals surface area (Å²) in [7, 11) is 0. The topological polar surface area (TPSA) is 73.5 Å². The van der Waals surface area contributed by atoms with E-state index in [9.17, 15) is 9.59 Å². The van der Waals surface area contributed by atoms with Crippen LogP contribution in [0.2, 0.25) is 0 Å². The quantitative estimate of drug-likeness (QED) is 0.672. The van der Waals surface area contributed by atoms with Gasteiger partial charge in [0.1, 0.15) is 0 Å². The predicted octanol–water partition coefficient (Wildman–Crippen LogP) is 4.30. The van der Waals surface area contributed by atoms with E-state index in [2.05, 4.69) is 16.0 Å². The Bertz CT molecular complexity index is 801.